The molecule has 6 nitrogen and oxygen atoms in total. The zero-order valence-electron chi connectivity index (χ0n) is 7.99. The highest BCUT2D eigenvalue weighted by Gasteiger charge is 2.37. The molecule has 0 aliphatic carbocycles. The predicted molar refractivity (Wildman–Crippen MR) is 45.9 cm³/mol. The van der Waals surface area contributed by atoms with Crippen LogP contribution in [-0.4, -0.2) is 19.9 Å². The summed E-state index contributed by atoms with van der Waals surface area (Å²) in [4.78, 5) is 3.19. The largest absolute Gasteiger partial charge is 0.455 e. The molecule has 2 heterocycles. The lowest BCUT2D eigenvalue weighted by Gasteiger charge is -1.96. The zero-order chi connectivity index (χ0) is 11.9. The van der Waals surface area contributed by atoms with Crippen molar-refractivity contribution in [3.8, 4) is 11.5 Å². The van der Waals surface area contributed by atoms with Crippen molar-refractivity contribution < 1.29 is 17.7 Å². The molecular formula is C7H6F3N5O. The Kier molecular flexibility index (Phi) is 2.10. The molecule has 0 aliphatic heterocycles. The Balaban J connectivity index is 2.43. The molecule has 0 aromatic carbocycles. The van der Waals surface area contributed by atoms with Crippen LogP contribution >= 0.6 is 0 Å². The molecule has 2 N–H and O–H groups in total. The third-order valence-electron chi connectivity index (χ3n) is 1.89. The van der Waals surface area contributed by atoms with Crippen molar-refractivity contribution in [3.63, 3.8) is 0 Å². The summed E-state index contributed by atoms with van der Waals surface area (Å²) >= 11 is 0. The van der Waals surface area contributed by atoms with Crippen LogP contribution in [0.2, 0.25) is 0 Å². The monoisotopic (exact) mass is 233 g/mol. The quantitative estimate of drug-likeness (QED) is 0.796. The van der Waals surface area contributed by atoms with Gasteiger partial charge in [-0.3, -0.25) is 4.68 Å². The van der Waals surface area contributed by atoms with Gasteiger partial charge < -0.3 is 10.3 Å². The standard InChI is InChI=1S/C7H6F3N5O/c1-15-4(11)3(2-12-15)5-13-6(14-16-5)7(8,9)10/h2H,11H2,1H3. The fourth-order valence-electron chi connectivity index (χ4n) is 1.06. The summed E-state index contributed by atoms with van der Waals surface area (Å²) in [6.07, 6.45) is -3.39. The Morgan fingerprint density at radius 2 is 2.12 bits per heavy atom. The predicted octanol–water partition coefficient (Wildman–Crippen LogP) is 1.07. The summed E-state index contributed by atoms with van der Waals surface area (Å²) in [6, 6.07) is 0. The molecule has 0 amide bonds. The normalized spacial score (nSPS) is 12.0. The van der Waals surface area contributed by atoms with Gasteiger partial charge in [-0.2, -0.15) is 23.3 Å². The van der Waals surface area contributed by atoms with E-state index in [9.17, 15) is 13.2 Å². The molecule has 0 saturated carbocycles. The van der Waals surface area contributed by atoms with Crippen molar-refractivity contribution in [3.05, 3.63) is 12.0 Å². The van der Waals surface area contributed by atoms with Crippen LogP contribution in [-0.2, 0) is 13.2 Å². The first kappa shape index (κ1) is 10.5. The van der Waals surface area contributed by atoms with E-state index < -0.39 is 12.0 Å². The molecular weight excluding hydrogens is 227 g/mol. The number of anilines is 1. The fourth-order valence-corrected chi connectivity index (χ4v) is 1.06. The van der Waals surface area contributed by atoms with E-state index in [0.29, 0.717) is 0 Å². The highest BCUT2D eigenvalue weighted by atomic mass is 19.4. The van der Waals surface area contributed by atoms with E-state index in [1.54, 1.807) is 7.05 Å². The second kappa shape index (κ2) is 3.22. The molecule has 0 atom stereocenters. The van der Waals surface area contributed by atoms with E-state index in [2.05, 4.69) is 19.8 Å². The minimum Gasteiger partial charge on any atom is -0.383 e. The number of hydrogen-bond acceptors (Lipinski definition) is 5. The van der Waals surface area contributed by atoms with Crippen molar-refractivity contribution in [2.45, 2.75) is 6.18 Å². The lowest BCUT2D eigenvalue weighted by Crippen LogP contribution is -2.07. The maximum atomic E-state index is 12.2. The average Bonchev–Trinajstić information content (AvgIpc) is 2.74. The van der Waals surface area contributed by atoms with E-state index in [1.165, 1.54) is 10.9 Å². The van der Waals surface area contributed by atoms with E-state index in [-0.39, 0.29) is 17.3 Å². The van der Waals surface area contributed by atoms with Crippen LogP contribution in [0.4, 0.5) is 19.0 Å². The number of nitrogens with zero attached hydrogens (tertiary/aromatic N) is 4. The Morgan fingerprint density at radius 3 is 2.56 bits per heavy atom. The number of halogens is 3. The Hall–Kier alpha value is -2.06. The molecule has 0 radical (unpaired) electrons. The van der Waals surface area contributed by atoms with Crippen LogP contribution in [0.3, 0.4) is 0 Å². The van der Waals surface area contributed by atoms with E-state index >= 15 is 0 Å². The van der Waals surface area contributed by atoms with Gasteiger partial charge >= 0.3 is 6.18 Å². The summed E-state index contributed by atoms with van der Waals surface area (Å²) in [7, 11) is 1.54. The Morgan fingerprint density at radius 1 is 1.44 bits per heavy atom. The van der Waals surface area contributed by atoms with E-state index in [1.807, 2.05) is 0 Å². The Bertz CT molecular complexity index is 514. The van der Waals surface area contributed by atoms with Crippen LogP contribution in [0.15, 0.2) is 10.7 Å². The lowest BCUT2D eigenvalue weighted by molar-refractivity contribution is -0.146. The SMILES string of the molecule is Cn1ncc(-c2nc(C(F)(F)F)no2)c1N. The van der Waals surface area contributed by atoms with Gasteiger partial charge in [-0.05, 0) is 0 Å². The highest BCUT2D eigenvalue weighted by molar-refractivity contribution is 5.66. The van der Waals surface area contributed by atoms with Gasteiger partial charge in [-0.15, -0.1) is 0 Å². The van der Waals surface area contributed by atoms with Crippen molar-refractivity contribution >= 4 is 5.82 Å². The summed E-state index contributed by atoms with van der Waals surface area (Å²) in [6.45, 7) is 0. The minimum absolute atomic E-state index is 0.150. The number of rotatable bonds is 1. The van der Waals surface area contributed by atoms with Gasteiger partial charge in [0.05, 0.1) is 6.20 Å². The molecule has 2 aromatic heterocycles. The summed E-state index contributed by atoms with van der Waals surface area (Å²) in [5.74, 6) is -1.50. The average molecular weight is 233 g/mol. The number of nitrogens with two attached hydrogens (primary N) is 1. The number of hydrogen-bond donors (Lipinski definition) is 1. The van der Waals surface area contributed by atoms with E-state index in [0.717, 1.165) is 0 Å². The first-order valence-corrected chi connectivity index (χ1v) is 4.08. The molecule has 2 aromatic rings. The molecule has 0 spiro atoms. The van der Waals surface area contributed by atoms with Crippen LogP contribution in [0.5, 0.6) is 0 Å². The summed E-state index contributed by atoms with van der Waals surface area (Å²) in [5.41, 5.74) is 5.72. The second-order valence-electron chi connectivity index (χ2n) is 2.99. The molecule has 0 saturated heterocycles. The number of nitrogen functional groups attached to an aromatic ring is 1. The fraction of sp³-hybridized carbons (Fsp3) is 0.286. The van der Waals surface area contributed by atoms with Crippen molar-refractivity contribution in [1.82, 2.24) is 19.9 Å². The smallest absolute Gasteiger partial charge is 0.383 e. The number of alkyl halides is 3. The maximum absolute atomic E-state index is 12.2. The van der Waals surface area contributed by atoms with E-state index in [4.69, 9.17) is 5.73 Å². The number of aryl methyl sites for hydroxylation is 1. The van der Waals surface area contributed by atoms with Gasteiger partial charge in [-0.1, -0.05) is 5.16 Å². The molecule has 86 valence electrons. The van der Waals surface area contributed by atoms with Crippen LogP contribution in [0.1, 0.15) is 5.82 Å². The third kappa shape index (κ3) is 1.59. The van der Waals surface area contributed by atoms with Gasteiger partial charge in [0.1, 0.15) is 11.4 Å². The molecule has 0 fully saturated rings. The van der Waals surface area contributed by atoms with Crippen LogP contribution in [0, 0.1) is 0 Å². The van der Waals surface area contributed by atoms with Gasteiger partial charge in [0.15, 0.2) is 0 Å². The Labute approximate surface area is 86.8 Å². The van der Waals surface area contributed by atoms with Crippen molar-refractivity contribution in [2.24, 2.45) is 7.05 Å². The van der Waals surface area contributed by atoms with Crippen molar-refractivity contribution in [1.29, 1.82) is 0 Å². The summed E-state index contributed by atoms with van der Waals surface area (Å²) < 4.78 is 42.3. The van der Waals surface area contributed by atoms with Crippen LogP contribution in [0.25, 0.3) is 11.5 Å². The summed E-state index contributed by atoms with van der Waals surface area (Å²) in [5, 5.41) is 6.56. The second-order valence-corrected chi connectivity index (χ2v) is 2.99. The first-order chi connectivity index (χ1) is 7.39. The van der Waals surface area contributed by atoms with Gasteiger partial charge in [0.25, 0.3) is 11.7 Å². The molecule has 2 rings (SSSR count). The molecule has 16 heavy (non-hydrogen) atoms. The topological polar surface area (TPSA) is 82.8 Å². The maximum Gasteiger partial charge on any atom is 0.455 e. The first-order valence-electron chi connectivity index (χ1n) is 4.08. The minimum atomic E-state index is -4.64. The molecule has 0 unspecified atom stereocenters. The van der Waals surface area contributed by atoms with Gasteiger partial charge in [-0.25, -0.2) is 0 Å². The highest BCUT2D eigenvalue weighted by Crippen LogP contribution is 2.30. The molecule has 9 heteroatoms. The van der Waals surface area contributed by atoms with Gasteiger partial charge in [0, 0.05) is 7.05 Å². The van der Waals surface area contributed by atoms with Crippen LogP contribution < -0.4 is 5.73 Å². The van der Waals surface area contributed by atoms with Crippen molar-refractivity contribution in [2.75, 3.05) is 5.73 Å². The lowest BCUT2D eigenvalue weighted by atomic mass is 10.3. The number of aromatic nitrogens is 4. The molecule has 0 aliphatic rings. The van der Waals surface area contributed by atoms with Gasteiger partial charge in [0.2, 0.25) is 0 Å². The zero-order valence-corrected chi connectivity index (χ0v) is 7.99. The molecule has 0 bridgehead atoms. The third-order valence-corrected chi connectivity index (χ3v) is 1.89.